The largest absolute Gasteiger partial charge is 0.495 e. The van der Waals surface area contributed by atoms with E-state index in [4.69, 9.17) is 10.5 Å². The third-order valence-electron chi connectivity index (χ3n) is 2.57. The van der Waals surface area contributed by atoms with Crippen LogP contribution in [0.1, 0.15) is 15.9 Å². The molecule has 0 saturated carbocycles. The topological polar surface area (TPSA) is 90.1 Å². The number of hydrogen-bond acceptors (Lipinski definition) is 5. The molecule has 0 unspecified atom stereocenters. The number of benzene rings is 1. The van der Waals surface area contributed by atoms with Gasteiger partial charge < -0.3 is 15.8 Å². The molecule has 0 atom stereocenters. The van der Waals surface area contributed by atoms with E-state index in [2.05, 4.69) is 15.3 Å². The van der Waals surface area contributed by atoms with Crippen LogP contribution in [0.3, 0.4) is 0 Å². The van der Waals surface area contributed by atoms with Gasteiger partial charge in [-0.25, -0.2) is 9.97 Å². The highest BCUT2D eigenvalue weighted by Gasteiger charge is 2.06. The van der Waals surface area contributed by atoms with Gasteiger partial charge in [0.25, 0.3) is 5.91 Å². The lowest BCUT2D eigenvalue weighted by molar-refractivity contribution is 0.0950. The van der Waals surface area contributed by atoms with Crippen molar-refractivity contribution in [3.8, 4) is 5.75 Å². The number of hydrogen-bond donors (Lipinski definition) is 2. The molecule has 6 nitrogen and oxygen atoms in total. The third-order valence-corrected chi connectivity index (χ3v) is 2.57. The van der Waals surface area contributed by atoms with E-state index in [1.165, 1.54) is 18.7 Å². The summed E-state index contributed by atoms with van der Waals surface area (Å²) in [5, 5.41) is 2.76. The van der Waals surface area contributed by atoms with Crippen LogP contribution < -0.4 is 15.8 Å². The Labute approximate surface area is 110 Å². The molecule has 0 radical (unpaired) electrons. The zero-order valence-corrected chi connectivity index (χ0v) is 10.5. The van der Waals surface area contributed by atoms with Crippen molar-refractivity contribution in [1.82, 2.24) is 15.3 Å². The summed E-state index contributed by atoms with van der Waals surface area (Å²) in [6.45, 7) is 0.377. The third kappa shape index (κ3) is 3.19. The van der Waals surface area contributed by atoms with E-state index in [-0.39, 0.29) is 5.91 Å². The van der Waals surface area contributed by atoms with Crippen LogP contribution in [0, 0.1) is 0 Å². The number of aromatic nitrogens is 2. The van der Waals surface area contributed by atoms with Crippen molar-refractivity contribution in [2.24, 2.45) is 0 Å². The molecule has 1 aromatic heterocycles. The predicted octanol–water partition coefficient (Wildman–Crippen LogP) is 0.997. The Balaban J connectivity index is 1.99. The first-order valence-corrected chi connectivity index (χ1v) is 5.66. The van der Waals surface area contributed by atoms with E-state index in [0.29, 0.717) is 23.5 Å². The second-order valence-electron chi connectivity index (χ2n) is 3.89. The predicted molar refractivity (Wildman–Crippen MR) is 70.6 cm³/mol. The highest BCUT2D eigenvalue weighted by Crippen LogP contribution is 2.21. The van der Waals surface area contributed by atoms with Gasteiger partial charge >= 0.3 is 0 Å². The van der Waals surface area contributed by atoms with Crippen LogP contribution in [0.25, 0.3) is 0 Å². The van der Waals surface area contributed by atoms with Crippen LogP contribution in [0.4, 0.5) is 5.69 Å². The molecule has 2 rings (SSSR count). The number of nitrogens with zero attached hydrogens (tertiary/aromatic N) is 2. The number of carbonyl (C=O) groups excluding carboxylic acids is 1. The molecule has 98 valence electrons. The maximum absolute atomic E-state index is 11.8. The molecule has 0 fully saturated rings. The lowest BCUT2D eigenvalue weighted by Crippen LogP contribution is -2.23. The molecule has 19 heavy (non-hydrogen) atoms. The molecule has 0 aliphatic heterocycles. The van der Waals surface area contributed by atoms with Crippen molar-refractivity contribution >= 4 is 11.6 Å². The maximum atomic E-state index is 11.8. The molecule has 0 spiro atoms. The molecule has 1 heterocycles. The average molecular weight is 258 g/mol. The fourth-order valence-corrected chi connectivity index (χ4v) is 1.59. The van der Waals surface area contributed by atoms with E-state index < -0.39 is 0 Å². The first kappa shape index (κ1) is 12.8. The number of amides is 1. The Morgan fingerprint density at radius 2 is 2.11 bits per heavy atom. The number of nitrogens with two attached hydrogens (primary N) is 1. The summed E-state index contributed by atoms with van der Waals surface area (Å²) in [6.07, 6.45) is 4.30. The molecule has 1 aromatic carbocycles. The lowest BCUT2D eigenvalue weighted by atomic mass is 10.2. The molecule has 1 amide bonds. The fraction of sp³-hybridized carbons (Fsp3) is 0.154. The van der Waals surface area contributed by atoms with Crippen LogP contribution in [-0.4, -0.2) is 23.0 Å². The van der Waals surface area contributed by atoms with E-state index in [0.717, 1.165) is 5.56 Å². The van der Waals surface area contributed by atoms with Gasteiger partial charge in [0.1, 0.15) is 12.1 Å². The summed E-state index contributed by atoms with van der Waals surface area (Å²) in [7, 11) is 1.56. The van der Waals surface area contributed by atoms with Gasteiger partial charge in [0.2, 0.25) is 0 Å². The summed E-state index contributed by atoms with van der Waals surface area (Å²) in [4.78, 5) is 19.4. The first-order valence-electron chi connectivity index (χ1n) is 5.66. The van der Waals surface area contributed by atoms with Crippen molar-refractivity contribution < 1.29 is 9.53 Å². The fourth-order valence-electron chi connectivity index (χ4n) is 1.59. The van der Waals surface area contributed by atoms with Gasteiger partial charge in [-0.1, -0.05) is 6.07 Å². The normalized spacial score (nSPS) is 9.95. The van der Waals surface area contributed by atoms with Gasteiger partial charge in [-0.05, 0) is 17.7 Å². The van der Waals surface area contributed by atoms with Crippen LogP contribution >= 0.6 is 0 Å². The van der Waals surface area contributed by atoms with Crippen molar-refractivity contribution in [3.63, 3.8) is 0 Å². The second-order valence-corrected chi connectivity index (χ2v) is 3.89. The van der Waals surface area contributed by atoms with Gasteiger partial charge in [-0.2, -0.15) is 0 Å². The second kappa shape index (κ2) is 5.81. The van der Waals surface area contributed by atoms with Crippen LogP contribution in [0.5, 0.6) is 5.75 Å². The summed E-state index contributed by atoms with van der Waals surface area (Å²) in [6, 6.07) is 5.38. The highest BCUT2D eigenvalue weighted by atomic mass is 16.5. The van der Waals surface area contributed by atoms with Gasteiger partial charge in [0, 0.05) is 18.9 Å². The van der Waals surface area contributed by atoms with Crippen LogP contribution in [0.2, 0.25) is 0 Å². The zero-order valence-electron chi connectivity index (χ0n) is 10.5. The molecule has 2 aromatic rings. The summed E-state index contributed by atoms with van der Waals surface area (Å²) < 4.78 is 5.07. The highest BCUT2D eigenvalue weighted by molar-refractivity contribution is 5.93. The quantitative estimate of drug-likeness (QED) is 0.798. The van der Waals surface area contributed by atoms with Crippen LogP contribution in [0.15, 0.2) is 36.9 Å². The summed E-state index contributed by atoms with van der Waals surface area (Å²) in [5.41, 5.74) is 7.64. The van der Waals surface area contributed by atoms with Crippen molar-refractivity contribution in [2.75, 3.05) is 12.8 Å². The zero-order chi connectivity index (χ0) is 13.7. The monoisotopic (exact) mass is 258 g/mol. The Hall–Kier alpha value is -2.63. The Bertz CT molecular complexity index is 572. The molecule has 0 aliphatic rings. The SMILES string of the molecule is COc1ccc(CNC(=O)c2cncnc2)cc1N. The molecule has 0 aliphatic carbocycles. The van der Waals surface area contributed by atoms with Gasteiger partial charge in [0.15, 0.2) is 0 Å². The Morgan fingerprint density at radius 1 is 1.37 bits per heavy atom. The molecular weight excluding hydrogens is 244 g/mol. The van der Waals surface area contributed by atoms with Gasteiger partial charge in [-0.15, -0.1) is 0 Å². The minimum Gasteiger partial charge on any atom is -0.495 e. The molecule has 0 saturated heterocycles. The maximum Gasteiger partial charge on any atom is 0.254 e. The molecule has 6 heteroatoms. The minimum absolute atomic E-state index is 0.227. The first-order chi connectivity index (χ1) is 9.20. The summed E-state index contributed by atoms with van der Waals surface area (Å²) in [5.74, 6) is 0.390. The number of ether oxygens (including phenoxy) is 1. The number of rotatable bonds is 4. The Kier molecular flexibility index (Phi) is 3.92. The minimum atomic E-state index is -0.227. The number of carbonyl (C=O) groups is 1. The van der Waals surface area contributed by atoms with Gasteiger partial charge in [0.05, 0.1) is 18.4 Å². The van der Waals surface area contributed by atoms with Crippen LogP contribution in [-0.2, 0) is 6.54 Å². The molecule has 3 N–H and O–H groups in total. The van der Waals surface area contributed by atoms with Crippen molar-refractivity contribution in [1.29, 1.82) is 0 Å². The molecule has 0 bridgehead atoms. The van der Waals surface area contributed by atoms with E-state index in [9.17, 15) is 4.79 Å². The smallest absolute Gasteiger partial charge is 0.254 e. The molecular formula is C13H14N4O2. The number of nitrogen functional groups attached to an aromatic ring is 1. The van der Waals surface area contributed by atoms with Crippen molar-refractivity contribution in [3.05, 3.63) is 48.0 Å². The number of nitrogens with one attached hydrogen (secondary N) is 1. The Morgan fingerprint density at radius 3 is 2.74 bits per heavy atom. The average Bonchev–Trinajstić information content (AvgIpc) is 2.46. The summed E-state index contributed by atoms with van der Waals surface area (Å²) >= 11 is 0. The van der Waals surface area contributed by atoms with E-state index >= 15 is 0 Å². The number of methoxy groups -OCH3 is 1. The van der Waals surface area contributed by atoms with E-state index in [1.54, 1.807) is 19.2 Å². The standard InChI is InChI=1S/C13H14N4O2/c1-19-12-3-2-9(4-11(12)14)5-17-13(18)10-6-15-8-16-7-10/h2-4,6-8H,5,14H2,1H3,(H,17,18). The van der Waals surface area contributed by atoms with Gasteiger partial charge in [-0.3, -0.25) is 4.79 Å². The number of anilines is 1. The van der Waals surface area contributed by atoms with Crippen molar-refractivity contribution in [2.45, 2.75) is 6.54 Å². The van der Waals surface area contributed by atoms with E-state index in [1.807, 2.05) is 6.07 Å². The lowest BCUT2D eigenvalue weighted by Gasteiger charge is -2.08.